The van der Waals surface area contributed by atoms with Crippen LogP contribution in [0.4, 0.5) is 0 Å². The van der Waals surface area contributed by atoms with Crippen molar-refractivity contribution in [3.8, 4) is 33.6 Å². The van der Waals surface area contributed by atoms with Crippen molar-refractivity contribution in [3.63, 3.8) is 0 Å². The third-order valence-corrected chi connectivity index (χ3v) is 9.35. The number of pyridine rings is 2. The van der Waals surface area contributed by atoms with Crippen LogP contribution < -0.4 is 0 Å². The fourth-order valence-electron chi connectivity index (χ4n) is 6.19. The van der Waals surface area contributed by atoms with Gasteiger partial charge in [0.2, 0.25) is 0 Å². The number of nitrogens with zero attached hydrogens (tertiary/aromatic N) is 3. The normalized spacial score (nSPS) is 11.4. The zero-order valence-electron chi connectivity index (χ0n) is 27.8. The molecule has 4 heterocycles. The topological polar surface area (TPSA) is 51.8 Å². The van der Waals surface area contributed by atoms with Gasteiger partial charge in [-0.3, -0.25) is 0 Å². The van der Waals surface area contributed by atoms with E-state index >= 15 is 0 Å². The van der Waals surface area contributed by atoms with Gasteiger partial charge in [-0.1, -0.05) is 68.1 Å². The first-order chi connectivity index (χ1) is 22.7. The maximum atomic E-state index is 6.43. The summed E-state index contributed by atoms with van der Waals surface area (Å²) in [4.78, 5) is 13.8. The standard InChI is InChI=1S/C31H27N2OS.C11H8N.Ir/c1-17-9-7-10-18(2)29(17)23-16-32-25(14-24(23)31(4,5)6)21-12-8-11-20-22-13-28-26(33-19(3)35-28)15-27(22)34-30(20)21;1-2-6-10(7-3-1)11-8-4-5-9-12-11;/h7-11,13-16H,1-6H3;1-6,8-9H;/q2*-1;. The van der Waals surface area contributed by atoms with Crippen LogP contribution in [0.5, 0.6) is 0 Å². The van der Waals surface area contributed by atoms with Crippen LogP contribution >= 0.6 is 11.3 Å². The smallest absolute Gasteiger partial charge is 0.123 e. The minimum absolute atomic E-state index is 0. The zero-order chi connectivity index (χ0) is 32.7. The quantitative estimate of drug-likeness (QED) is 0.167. The summed E-state index contributed by atoms with van der Waals surface area (Å²) < 4.78 is 7.61. The maximum absolute atomic E-state index is 6.43. The largest absolute Gasteiger partial charge is 0.501 e. The number of thiazole rings is 1. The Bertz CT molecular complexity index is 2310. The second-order valence-corrected chi connectivity index (χ2v) is 14.1. The van der Waals surface area contributed by atoms with Crippen molar-refractivity contribution in [1.82, 2.24) is 15.0 Å². The van der Waals surface area contributed by atoms with Gasteiger partial charge in [-0.25, -0.2) is 4.98 Å². The number of hydrogen-bond donors (Lipinski definition) is 0. The predicted octanol–water partition coefficient (Wildman–Crippen LogP) is 11.5. The Morgan fingerprint density at radius 3 is 2.25 bits per heavy atom. The number of rotatable bonds is 3. The Hall–Kier alpha value is -4.48. The fraction of sp³-hybridized carbons (Fsp3) is 0.167. The molecule has 1 radical (unpaired) electrons. The van der Waals surface area contributed by atoms with E-state index in [2.05, 4.69) is 99.2 Å². The van der Waals surface area contributed by atoms with Gasteiger partial charge in [-0.2, -0.15) is 0 Å². The van der Waals surface area contributed by atoms with E-state index in [1.807, 2.05) is 61.7 Å². The van der Waals surface area contributed by atoms with Gasteiger partial charge in [-0.15, -0.1) is 65.4 Å². The summed E-state index contributed by atoms with van der Waals surface area (Å²) in [7, 11) is 0. The second-order valence-electron chi connectivity index (χ2n) is 12.9. The third kappa shape index (κ3) is 6.49. The van der Waals surface area contributed by atoms with Crippen molar-refractivity contribution in [2.75, 3.05) is 0 Å². The Labute approximate surface area is 299 Å². The summed E-state index contributed by atoms with van der Waals surface area (Å²) in [5.41, 5.74) is 12.6. The van der Waals surface area contributed by atoms with Crippen molar-refractivity contribution in [1.29, 1.82) is 0 Å². The summed E-state index contributed by atoms with van der Waals surface area (Å²) in [6, 6.07) is 37.2. The van der Waals surface area contributed by atoms with E-state index in [1.165, 1.54) is 32.5 Å². The zero-order valence-corrected chi connectivity index (χ0v) is 31.0. The summed E-state index contributed by atoms with van der Waals surface area (Å²) >= 11 is 1.71. The molecule has 0 bridgehead atoms. The second kappa shape index (κ2) is 13.6. The number of aromatic nitrogens is 3. The monoisotopic (exact) mass is 822 g/mol. The first-order valence-corrected chi connectivity index (χ1v) is 16.6. The number of fused-ring (bicyclic) bond motifs is 4. The van der Waals surface area contributed by atoms with Gasteiger partial charge >= 0.3 is 0 Å². The van der Waals surface area contributed by atoms with Gasteiger partial charge in [0.15, 0.2) is 0 Å². The van der Waals surface area contributed by atoms with Crippen molar-refractivity contribution < 1.29 is 24.5 Å². The van der Waals surface area contributed by atoms with Crippen LogP contribution in [0.1, 0.15) is 42.5 Å². The predicted molar refractivity (Wildman–Crippen MR) is 196 cm³/mol. The minimum Gasteiger partial charge on any atom is -0.501 e. The summed E-state index contributed by atoms with van der Waals surface area (Å²) in [5, 5.41) is 3.25. The molecule has 48 heavy (non-hydrogen) atoms. The van der Waals surface area contributed by atoms with Crippen LogP contribution in [-0.4, -0.2) is 15.0 Å². The first-order valence-electron chi connectivity index (χ1n) is 15.8. The number of aryl methyl sites for hydroxylation is 3. The molecule has 0 spiro atoms. The van der Waals surface area contributed by atoms with Crippen molar-refractivity contribution in [2.24, 2.45) is 0 Å². The van der Waals surface area contributed by atoms with E-state index in [1.54, 1.807) is 17.5 Å². The molecule has 0 saturated heterocycles. The van der Waals surface area contributed by atoms with Crippen LogP contribution in [0.2, 0.25) is 0 Å². The molecule has 8 rings (SSSR count). The van der Waals surface area contributed by atoms with Crippen LogP contribution in [0.3, 0.4) is 0 Å². The Kier molecular flexibility index (Phi) is 9.44. The number of furan rings is 1. The van der Waals surface area contributed by atoms with E-state index in [-0.39, 0.29) is 25.5 Å². The molecule has 8 aromatic rings. The molecule has 241 valence electrons. The molecule has 0 N–H and O–H groups in total. The van der Waals surface area contributed by atoms with E-state index in [4.69, 9.17) is 9.40 Å². The summed E-state index contributed by atoms with van der Waals surface area (Å²) in [6.45, 7) is 13.2. The molecule has 0 aliphatic rings. The van der Waals surface area contributed by atoms with Crippen LogP contribution in [0.25, 0.3) is 65.8 Å². The summed E-state index contributed by atoms with van der Waals surface area (Å²) in [6.07, 6.45) is 3.82. The number of benzene rings is 4. The van der Waals surface area contributed by atoms with Crippen LogP contribution in [0.15, 0.2) is 108 Å². The molecule has 0 atom stereocenters. The van der Waals surface area contributed by atoms with Crippen molar-refractivity contribution in [3.05, 3.63) is 137 Å². The van der Waals surface area contributed by atoms with Gasteiger partial charge in [0.25, 0.3) is 0 Å². The fourth-order valence-corrected chi connectivity index (χ4v) is 7.04. The summed E-state index contributed by atoms with van der Waals surface area (Å²) in [5.74, 6) is 0. The van der Waals surface area contributed by atoms with Crippen molar-refractivity contribution >= 4 is 43.5 Å². The van der Waals surface area contributed by atoms with Gasteiger partial charge in [0, 0.05) is 49.5 Å². The van der Waals surface area contributed by atoms with E-state index in [0.29, 0.717) is 0 Å². The average Bonchev–Trinajstić information content (AvgIpc) is 3.62. The van der Waals surface area contributed by atoms with Crippen LogP contribution in [-0.2, 0) is 25.5 Å². The Morgan fingerprint density at radius 1 is 0.750 bits per heavy atom. The van der Waals surface area contributed by atoms with Gasteiger partial charge < -0.3 is 14.4 Å². The van der Waals surface area contributed by atoms with Crippen LogP contribution in [0, 0.1) is 32.9 Å². The molecule has 0 unspecified atom stereocenters. The molecule has 0 aliphatic carbocycles. The van der Waals surface area contributed by atoms with E-state index < -0.39 is 0 Å². The Morgan fingerprint density at radius 2 is 1.54 bits per heavy atom. The van der Waals surface area contributed by atoms with Gasteiger partial charge in [-0.05, 0) is 72.0 Å². The molecule has 6 heteroatoms. The molecular weight excluding hydrogens is 787 g/mol. The van der Waals surface area contributed by atoms with Gasteiger partial charge in [0.05, 0.1) is 20.8 Å². The van der Waals surface area contributed by atoms with Crippen molar-refractivity contribution in [2.45, 2.75) is 47.0 Å². The first kappa shape index (κ1) is 33.4. The molecule has 4 aromatic heterocycles. The van der Waals surface area contributed by atoms with E-state index in [9.17, 15) is 0 Å². The molecule has 0 aliphatic heterocycles. The molecule has 0 saturated carbocycles. The SMILES string of the molecule is Cc1nc2cc3oc4c(-c5cc(C(C)(C)C)c(-c6c(C)cccc6C)cn5)[c-]ccc4c3cc2s1.[Ir].[c-]1ccccc1-c1ccccn1. The molecule has 0 amide bonds. The average molecular weight is 822 g/mol. The molecule has 0 fully saturated rings. The molecule has 4 nitrogen and oxygen atoms in total. The molecular formula is C42H35IrN3OS-2. The number of hydrogen-bond acceptors (Lipinski definition) is 5. The van der Waals surface area contributed by atoms with Gasteiger partial charge in [0.1, 0.15) is 5.58 Å². The third-order valence-electron chi connectivity index (χ3n) is 8.42. The molecule has 4 aromatic carbocycles. The Balaban J connectivity index is 0.000000260. The van der Waals surface area contributed by atoms with E-state index in [0.717, 1.165) is 55.0 Å². The minimum atomic E-state index is -0.0581. The maximum Gasteiger partial charge on any atom is 0.123 e.